The molecular formula is C6H12O2. The van der Waals surface area contributed by atoms with Crippen molar-refractivity contribution in [1.82, 2.24) is 0 Å². The molecule has 0 rings (SSSR count). The fraction of sp³-hybridized carbons (Fsp3) is 0.667. The first-order chi connectivity index (χ1) is 3.91. The molecule has 0 aromatic carbocycles. The van der Waals surface area contributed by atoms with Crippen molar-refractivity contribution in [2.24, 2.45) is 0 Å². The average molecular weight is 116 g/mol. The van der Waals surface area contributed by atoms with E-state index in [-0.39, 0.29) is 0 Å². The summed E-state index contributed by atoms with van der Waals surface area (Å²) in [6.07, 6.45) is 3.09. The summed E-state index contributed by atoms with van der Waals surface area (Å²) >= 11 is 0. The van der Waals surface area contributed by atoms with Crippen molar-refractivity contribution in [1.29, 1.82) is 0 Å². The van der Waals surface area contributed by atoms with Gasteiger partial charge in [0.2, 0.25) is 0 Å². The van der Waals surface area contributed by atoms with Crippen LogP contribution < -0.4 is 0 Å². The fourth-order valence-corrected chi connectivity index (χ4v) is 0.271. The quantitative estimate of drug-likeness (QED) is 0.518. The van der Waals surface area contributed by atoms with Gasteiger partial charge in [-0.15, -0.1) is 0 Å². The third-order valence-electron chi connectivity index (χ3n) is 0.581. The normalized spacial score (nSPS) is 9.75. The van der Waals surface area contributed by atoms with Crippen molar-refractivity contribution in [3.63, 3.8) is 0 Å². The van der Waals surface area contributed by atoms with Gasteiger partial charge in [-0.05, 0) is 13.8 Å². The van der Waals surface area contributed by atoms with Gasteiger partial charge in [-0.25, -0.2) is 0 Å². The Bertz CT molecular complexity index is 51.5. The second-order valence-corrected chi connectivity index (χ2v) is 1.18. The van der Waals surface area contributed by atoms with E-state index in [1.54, 1.807) is 12.5 Å². The van der Waals surface area contributed by atoms with Crippen molar-refractivity contribution in [2.45, 2.75) is 13.8 Å². The SMILES string of the molecule is CCOC=COCC. The third-order valence-corrected chi connectivity index (χ3v) is 0.581. The maximum Gasteiger partial charge on any atom is 0.117 e. The number of hydrogen-bond acceptors (Lipinski definition) is 2. The molecule has 0 aromatic rings. The number of hydrogen-bond donors (Lipinski definition) is 0. The van der Waals surface area contributed by atoms with E-state index in [0.717, 1.165) is 0 Å². The zero-order valence-corrected chi connectivity index (χ0v) is 5.39. The minimum atomic E-state index is 0.698. The van der Waals surface area contributed by atoms with Crippen molar-refractivity contribution >= 4 is 0 Å². The van der Waals surface area contributed by atoms with E-state index in [1.807, 2.05) is 13.8 Å². The van der Waals surface area contributed by atoms with E-state index >= 15 is 0 Å². The zero-order chi connectivity index (χ0) is 6.24. The Morgan fingerprint density at radius 3 is 1.62 bits per heavy atom. The Morgan fingerprint density at radius 2 is 1.38 bits per heavy atom. The molecule has 48 valence electrons. The van der Waals surface area contributed by atoms with E-state index in [9.17, 15) is 0 Å². The maximum atomic E-state index is 4.83. The van der Waals surface area contributed by atoms with Crippen LogP contribution in [0.5, 0.6) is 0 Å². The smallest absolute Gasteiger partial charge is 0.117 e. The van der Waals surface area contributed by atoms with Gasteiger partial charge in [-0.3, -0.25) is 0 Å². The summed E-state index contributed by atoms with van der Waals surface area (Å²) in [5.74, 6) is 0. The summed E-state index contributed by atoms with van der Waals surface area (Å²) in [5.41, 5.74) is 0. The highest BCUT2D eigenvalue weighted by Crippen LogP contribution is 1.77. The van der Waals surface area contributed by atoms with E-state index in [0.29, 0.717) is 13.2 Å². The Kier molecular flexibility index (Phi) is 5.82. The van der Waals surface area contributed by atoms with Gasteiger partial charge < -0.3 is 9.47 Å². The maximum absolute atomic E-state index is 4.83. The highest BCUT2D eigenvalue weighted by molar-refractivity contribution is 4.59. The minimum absolute atomic E-state index is 0.698. The van der Waals surface area contributed by atoms with Crippen LogP contribution in [0.4, 0.5) is 0 Å². The lowest BCUT2D eigenvalue weighted by molar-refractivity contribution is 0.221. The topological polar surface area (TPSA) is 18.5 Å². The van der Waals surface area contributed by atoms with Gasteiger partial charge in [0.25, 0.3) is 0 Å². The number of ether oxygens (including phenoxy) is 2. The molecule has 2 heteroatoms. The Morgan fingerprint density at radius 1 is 1.00 bits per heavy atom. The molecule has 0 atom stereocenters. The molecule has 0 aliphatic carbocycles. The van der Waals surface area contributed by atoms with E-state index in [4.69, 9.17) is 9.47 Å². The van der Waals surface area contributed by atoms with Crippen LogP contribution in [0, 0.1) is 0 Å². The van der Waals surface area contributed by atoms with Crippen LogP contribution in [0.2, 0.25) is 0 Å². The Hall–Kier alpha value is -0.660. The van der Waals surface area contributed by atoms with Crippen molar-refractivity contribution in [3.8, 4) is 0 Å². The highest BCUT2D eigenvalue weighted by Gasteiger charge is 1.68. The Labute approximate surface area is 50.1 Å². The predicted molar refractivity (Wildman–Crippen MR) is 32.4 cm³/mol. The van der Waals surface area contributed by atoms with Crippen LogP contribution in [-0.4, -0.2) is 13.2 Å². The molecule has 0 N–H and O–H groups in total. The van der Waals surface area contributed by atoms with Gasteiger partial charge in [0.1, 0.15) is 12.5 Å². The van der Waals surface area contributed by atoms with Gasteiger partial charge >= 0.3 is 0 Å². The zero-order valence-electron chi connectivity index (χ0n) is 5.39. The molecule has 0 heterocycles. The van der Waals surface area contributed by atoms with Crippen LogP contribution in [-0.2, 0) is 9.47 Å². The molecule has 0 amide bonds. The van der Waals surface area contributed by atoms with Crippen LogP contribution >= 0.6 is 0 Å². The molecule has 0 radical (unpaired) electrons. The fourth-order valence-electron chi connectivity index (χ4n) is 0.271. The summed E-state index contributed by atoms with van der Waals surface area (Å²) in [6, 6.07) is 0. The standard InChI is InChI=1S/C6H12O2/c1-3-7-5-6-8-4-2/h5-6H,3-4H2,1-2H3. The van der Waals surface area contributed by atoms with Gasteiger partial charge in [-0.1, -0.05) is 0 Å². The van der Waals surface area contributed by atoms with E-state index in [2.05, 4.69) is 0 Å². The first kappa shape index (κ1) is 7.34. The molecule has 8 heavy (non-hydrogen) atoms. The van der Waals surface area contributed by atoms with Crippen LogP contribution in [0.25, 0.3) is 0 Å². The number of rotatable bonds is 4. The minimum Gasteiger partial charge on any atom is -0.498 e. The summed E-state index contributed by atoms with van der Waals surface area (Å²) in [7, 11) is 0. The van der Waals surface area contributed by atoms with Gasteiger partial charge in [0.05, 0.1) is 13.2 Å². The van der Waals surface area contributed by atoms with Crippen molar-refractivity contribution < 1.29 is 9.47 Å². The monoisotopic (exact) mass is 116 g/mol. The lowest BCUT2D eigenvalue weighted by atomic mass is 10.8. The molecule has 0 unspecified atom stereocenters. The molecule has 0 spiro atoms. The molecule has 0 bridgehead atoms. The lowest BCUT2D eigenvalue weighted by Gasteiger charge is -1.92. The highest BCUT2D eigenvalue weighted by atomic mass is 16.5. The largest absolute Gasteiger partial charge is 0.498 e. The first-order valence-electron chi connectivity index (χ1n) is 2.80. The van der Waals surface area contributed by atoms with Crippen molar-refractivity contribution in [2.75, 3.05) is 13.2 Å². The van der Waals surface area contributed by atoms with Crippen LogP contribution in [0.3, 0.4) is 0 Å². The molecule has 0 aromatic heterocycles. The van der Waals surface area contributed by atoms with Crippen molar-refractivity contribution in [3.05, 3.63) is 12.5 Å². The summed E-state index contributed by atoms with van der Waals surface area (Å²) in [4.78, 5) is 0. The summed E-state index contributed by atoms with van der Waals surface area (Å²) in [6.45, 7) is 5.25. The second-order valence-electron chi connectivity index (χ2n) is 1.18. The molecule has 0 aliphatic heterocycles. The first-order valence-corrected chi connectivity index (χ1v) is 2.80. The van der Waals surface area contributed by atoms with Crippen LogP contribution in [0.15, 0.2) is 12.5 Å². The second kappa shape index (κ2) is 6.34. The van der Waals surface area contributed by atoms with Gasteiger partial charge in [-0.2, -0.15) is 0 Å². The molecule has 0 fully saturated rings. The molecule has 0 aliphatic rings. The molecule has 0 saturated heterocycles. The predicted octanol–water partition coefficient (Wildman–Crippen LogP) is 1.53. The van der Waals surface area contributed by atoms with Gasteiger partial charge in [0, 0.05) is 0 Å². The lowest BCUT2D eigenvalue weighted by Crippen LogP contribution is -1.80. The summed E-state index contributed by atoms with van der Waals surface area (Å²) < 4.78 is 9.66. The van der Waals surface area contributed by atoms with Crippen LogP contribution in [0.1, 0.15) is 13.8 Å². The Balaban J connectivity index is 2.83. The molecule has 0 saturated carbocycles. The van der Waals surface area contributed by atoms with Gasteiger partial charge in [0.15, 0.2) is 0 Å². The van der Waals surface area contributed by atoms with E-state index in [1.165, 1.54) is 0 Å². The average Bonchev–Trinajstić information content (AvgIpc) is 1.81. The molecular weight excluding hydrogens is 104 g/mol. The molecule has 2 nitrogen and oxygen atoms in total. The third kappa shape index (κ3) is 5.34. The summed E-state index contributed by atoms with van der Waals surface area (Å²) in [5, 5.41) is 0. The van der Waals surface area contributed by atoms with E-state index < -0.39 is 0 Å².